The van der Waals surface area contributed by atoms with Crippen molar-refractivity contribution in [2.45, 2.75) is 51.9 Å². The van der Waals surface area contributed by atoms with Gasteiger partial charge in [0.05, 0.1) is 5.52 Å². The van der Waals surface area contributed by atoms with Crippen LogP contribution in [0.1, 0.15) is 51.0 Å². The molecule has 0 fully saturated rings. The van der Waals surface area contributed by atoms with Crippen molar-refractivity contribution >= 4 is 10.9 Å². The van der Waals surface area contributed by atoms with E-state index in [1.807, 2.05) is 6.07 Å². The maximum absolute atomic E-state index is 13.1. The van der Waals surface area contributed by atoms with Gasteiger partial charge >= 0.3 is 0 Å². The van der Waals surface area contributed by atoms with Crippen LogP contribution in [0, 0.1) is 5.82 Å². The van der Waals surface area contributed by atoms with Crippen molar-refractivity contribution in [3.05, 3.63) is 66.1 Å². The van der Waals surface area contributed by atoms with Crippen LogP contribution in [0.25, 0.3) is 10.9 Å². The third-order valence-corrected chi connectivity index (χ3v) is 4.63. The van der Waals surface area contributed by atoms with Gasteiger partial charge < -0.3 is 4.74 Å². The smallest absolute Gasteiger partial charge is 0.138 e. The summed E-state index contributed by atoms with van der Waals surface area (Å²) in [6, 6.07) is 14.3. The molecule has 3 heteroatoms. The minimum atomic E-state index is -0.266. The molecule has 1 heterocycles. The molecule has 0 aliphatic rings. The summed E-state index contributed by atoms with van der Waals surface area (Å²) in [7, 11) is 0. The standard InChI is InChI=1S/C23H26FNO/c1-2-3-4-5-6-7-8-18-9-14-22-21(17-18)23(15-16-25-22)26-20-12-10-19(24)11-13-20/h9-17H,2-8H2,1H3. The third-order valence-electron chi connectivity index (χ3n) is 4.63. The summed E-state index contributed by atoms with van der Waals surface area (Å²) in [6.07, 6.45) is 10.6. The summed E-state index contributed by atoms with van der Waals surface area (Å²) in [5.74, 6) is 1.12. The number of nitrogens with zero attached hydrogens (tertiary/aromatic N) is 1. The Morgan fingerprint density at radius 2 is 1.65 bits per heavy atom. The number of pyridine rings is 1. The first kappa shape index (κ1) is 18.4. The predicted octanol–water partition coefficient (Wildman–Crippen LogP) is 7.07. The molecule has 0 atom stereocenters. The van der Waals surface area contributed by atoms with Crippen molar-refractivity contribution in [2.75, 3.05) is 0 Å². The first-order valence-electron chi connectivity index (χ1n) is 9.57. The van der Waals surface area contributed by atoms with Gasteiger partial charge in [-0.25, -0.2) is 4.39 Å². The summed E-state index contributed by atoms with van der Waals surface area (Å²) in [5, 5.41) is 1.00. The van der Waals surface area contributed by atoms with Gasteiger partial charge in [-0.3, -0.25) is 4.98 Å². The van der Waals surface area contributed by atoms with Crippen molar-refractivity contribution in [3.8, 4) is 11.5 Å². The van der Waals surface area contributed by atoms with Crippen molar-refractivity contribution < 1.29 is 9.13 Å². The third kappa shape index (κ3) is 5.04. The zero-order chi connectivity index (χ0) is 18.2. The van der Waals surface area contributed by atoms with Gasteiger partial charge in [-0.1, -0.05) is 45.1 Å². The molecule has 26 heavy (non-hydrogen) atoms. The van der Waals surface area contributed by atoms with Crippen molar-refractivity contribution in [1.82, 2.24) is 4.98 Å². The molecule has 0 aliphatic heterocycles. The lowest BCUT2D eigenvalue weighted by atomic mass is 10.0. The van der Waals surface area contributed by atoms with E-state index in [1.54, 1.807) is 18.3 Å². The second-order valence-electron chi connectivity index (χ2n) is 6.73. The molecular weight excluding hydrogens is 325 g/mol. The monoisotopic (exact) mass is 351 g/mol. The van der Waals surface area contributed by atoms with Crippen LogP contribution in [0.15, 0.2) is 54.7 Å². The Labute approximate surface area is 155 Å². The Balaban J connectivity index is 1.70. The van der Waals surface area contributed by atoms with Crippen LogP contribution in [0.4, 0.5) is 4.39 Å². The van der Waals surface area contributed by atoms with Crippen LogP contribution >= 0.6 is 0 Å². The molecule has 136 valence electrons. The topological polar surface area (TPSA) is 22.1 Å². The van der Waals surface area contributed by atoms with Gasteiger partial charge in [-0.15, -0.1) is 0 Å². The highest BCUT2D eigenvalue weighted by molar-refractivity contribution is 5.85. The minimum Gasteiger partial charge on any atom is -0.457 e. The van der Waals surface area contributed by atoms with E-state index in [2.05, 4.69) is 30.1 Å². The van der Waals surface area contributed by atoms with E-state index < -0.39 is 0 Å². The summed E-state index contributed by atoms with van der Waals surface area (Å²) in [4.78, 5) is 4.43. The number of hydrogen-bond donors (Lipinski definition) is 0. The fourth-order valence-corrected chi connectivity index (χ4v) is 3.15. The molecule has 0 unspecified atom stereocenters. The van der Waals surface area contributed by atoms with Gasteiger partial charge in [0.15, 0.2) is 0 Å². The van der Waals surface area contributed by atoms with E-state index >= 15 is 0 Å². The van der Waals surface area contributed by atoms with E-state index in [0.717, 1.165) is 23.1 Å². The number of aromatic nitrogens is 1. The number of halogens is 1. The largest absolute Gasteiger partial charge is 0.457 e. The van der Waals surface area contributed by atoms with Gasteiger partial charge in [-0.2, -0.15) is 0 Å². The lowest BCUT2D eigenvalue weighted by Crippen LogP contribution is -1.91. The molecule has 0 spiro atoms. The number of unbranched alkanes of at least 4 members (excludes halogenated alkanes) is 5. The Hall–Kier alpha value is -2.42. The molecule has 0 aliphatic carbocycles. The van der Waals surface area contributed by atoms with Crippen molar-refractivity contribution in [1.29, 1.82) is 0 Å². The van der Waals surface area contributed by atoms with E-state index in [0.29, 0.717) is 5.75 Å². The number of aryl methyl sites for hydroxylation is 1. The first-order chi connectivity index (χ1) is 12.8. The lowest BCUT2D eigenvalue weighted by molar-refractivity contribution is 0.485. The molecule has 2 nitrogen and oxygen atoms in total. The lowest BCUT2D eigenvalue weighted by Gasteiger charge is -2.10. The van der Waals surface area contributed by atoms with Gasteiger partial charge in [0.2, 0.25) is 0 Å². The molecule has 3 aromatic rings. The first-order valence-corrected chi connectivity index (χ1v) is 9.57. The highest BCUT2D eigenvalue weighted by Gasteiger charge is 2.06. The normalized spacial score (nSPS) is 11.0. The summed E-state index contributed by atoms with van der Waals surface area (Å²) < 4.78 is 19.0. The molecule has 3 rings (SSSR count). The highest BCUT2D eigenvalue weighted by atomic mass is 19.1. The predicted molar refractivity (Wildman–Crippen MR) is 105 cm³/mol. The number of hydrogen-bond acceptors (Lipinski definition) is 2. The summed E-state index contributed by atoms with van der Waals surface area (Å²) in [5.41, 5.74) is 2.22. The number of benzene rings is 2. The zero-order valence-corrected chi connectivity index (χ0v) is 15.4. The molecule has 0 N–H and O–H groups in total. The Bertz CT molecular complexity index is 829. The molecular formula is C23H26FNO. The van der Waals surface area contributed by atoms with E-state index in [9.17, 15) is 4.39 Å². The molecule has 1 aromatic heterocycles. The molecule has 2 aromatic carbocycles. The van der Waals surface area contributed by atoms with Gasteiger partial charge in [0.25, 0.3) is 0 Å². The Morgan fingerprint density at radius 1 is 0.885 bits per heavy atom. The van der Waals surface area contributed by atoms with Crippen LogP contribution in [0.5, 0.6) is 11.5 Å². The van der Waals surface area contributed by atoms with Crippen LogP contribution < -0.4 is 4.74 Å². The molecule has 0 radical (unpaired) electrons. The van der Waals surface area contributed by atoms with Crippen LogP contribution in [-0.2, 0) is 6.42 Å². The van der Waals surface area contributed by atoms with Crippen LogP contribution in [0.3, 0.4) is 0 Å². The van der Waals surface area contributed by atoms with Crippen LogP contribution in [0.2, 0.25) is 0 Å². The number of ether oxygens (including phenoxy) is 1. The van der Waals surface area contributed by atoms with Gasteiger partial charge in [0.1, 0.15) is 17.3 Å². The fourth-order valence-electron chi connectivity index (χ4n) is 3.15. The average Bonchev–Trinajstić information content (AvgIpc) is 2.67. The average molecular weight is 351 g/mol. The molecule has 0 bridgehead atoms. The zero-order valence-electron chi connectivity index (χ0n) is 15.4. The minimum absolute atomic E-state index is 0.266. The highest BCUT2D eigenvalue weighted by Crippen LogP contribution is 2.30. The number of rotatable bonds is 9. The van der Waals surface area contributed by atoms with E-state index in [4.69, 9.17) is 4.74 Å². The second-order valence-corrected chi connectivity index (χ2v) is 6.73. The van der Waals surface area contributed by atoms with E-state index in [-0.39, 0.29) is 5.82 Å². The number of fused-ring (bicyclic) bond motifs is 1. The van der Waals surface area contributed by atoms with Crippen LogP contribution in [-0.4, -0.2) is 4.98 Å². The summed E-state index contributed by atoms with van der Waals surface area (Å²) in [6.45, 7) is 2.24. The molecule has 0 saturated heterocycles. The second kappa shape index (κ2) is 9.33. The Morgan fingerprint density at radius 3 is 2.46 bits per heavy atom. The molecule has 0 amide bonds. The quantitative estimate of drug-likeness (QED) is 0.385. The van der Waals surface area contributed by atoms with Gasteiger partial charge in [0, 0.05) is 11.6 Å². The summed E-state index contributed by atoms with van der Waals surface area (Å²) >= 11 is 0. The van der Waals surface area contributed by atoms with Crippen molar-refractivity contribution in [2.24, 2.45) is 0 Å². The maximum Gasteiger partial charge on any atom is 0.138 e. The van der Waals surface area contributed by atoms with Crippen molar-refractivity contribution in [3.63, 3.8) is 0 Å². The SMILES string of the molecule is CCCCCCCCc1ccc2nccc(Oc3ccc(F)cc3)c2c1. The maximum atomic E-state index is 13.1. The molecule has 0 saturated carbocycles. The van der Waals surface area contributed by atoms with Gasteiger partial charge in [-0.05, 0) is 60.9 Å². The van der Waals surface area contributed by atoms with E-state index in [1.165, 1.54) is 56.2 Å². The fraction of sp³-hybridized carbons (Fsp3) is 0.348. The Kier molecular flexibility index (Phi) is 6.59.